The van der Waals surface area contributed by atoms with Crippen molar-refractivity contribution in [2.45, 2.75) is 18.7 Å². The summed E-state index contributed by atoms with van der Waals surface area (Å²) in [6, 6.07) is 14.1. The Morgan fingerprint density at radius 2 is 1.78 bits per heavy atom. The first kappa shape index (κ1) is 15.7. The number of nitrogens with one attached hydrogen (secondary N) is 1. The van der Waals surface area contributed by atoms with Crippen LogP contribution < -0.4 is 4.72 Å². The molecule has 0 bridgehead atoms. The van der Waals surface area contributed by atoms with Gasteiger partial charge >= 0.3 is 0 Å². The van der Waals surface area contributed by atoms with Crippen molar-refractivity contribution in [1.29, 1.82) is 0 Å². The van der Waals surface area contributed by atoms with Gasteiger partial charge in [0, 0.05) is 16.6 Å². The third-order valence-corrected chi connectivity index (χ3v) is 5.52. The lowest BCUT2D eigenvalue weighted by Crippen LogP contribution is -2.12. The zero-order chi connectivity index (χ0) is 16.4. The summed E-state index contributed by atoms with van der Waals surface area (Å²) in [4.78, 5) is 4.62. The van der Waals surface area contributed by atoms with E-state index in [1.165, 1.54) is 0 Å². The first-order valence-electron chi connectivity index (χ1n) is 7.06. The predicted molar refractivity (Wildman–Crippen MR) is 94.3 cm³/mol. The molecule has 2 aromatic carbocycles. The molecule has 0 saturated carbocycles. The fraction of sp³-hybridized carbons (Fsp3) is 0.118. The largest absolute Gasteiger partial charge is 0.280 e. The highest BCUT2D eigenvalue weighted by atomic mass is 32.2. The average molecular weight is 344 g/mol. The van der Waals surface area contributed by atoms with Crippen molar-refractivity contribution >= 4 is 27.0 Å². The highest BCUT2D eigenvalue weighted by molar-refractivity contribution is 7.92. The van der Waals surface area contributed by atoms with Crippen molar-refractivity contribution < 1.29 is 8.42 Å². The molecular weight excluding hydrogens is 328 g/mol. The molecule has 0 atom stereocenters. The summed E-state index contributed by atoms with van der Waals surface area (Å²) in [6.45, 7) is 3.88. The van der Waals surface area contributed by atoms with Crippen LogP contribution in [0.15, 0.2) is 58.8 Å². The smallest absolute Gasteiger partial charge is 0.261 e. The lowest BCUT2D eigenvalue weighted by Gasteiger charge is -2.09. The summed E-state index contributed by atoms with van der Waals surface area (Å²) in [5, 5.41) is 2.88. The Kier molecular flexibility index (Phi) is 4.19. The van der Waals surface area contributed by atoms with E-state index < -0.39 is 10.0 Å². The maximum atomic E-state index is 12.5. The minimum atomic E-state index is -3.62. The molecule has 1 N–H and O–H groups in total. The summed E-state index contributed by atoms with van der Waals surface area (Å²) < 4.78 is 27.7. The fourth-order valence-electron chi connectivity index (χ4n) is 2.15. The van der Waals surface area contributed by atoms with E-state index in [4.69, 9.17) is 0 Å². The maximum absolute atomic E-state index is 12.5. The number of benzene rings is 2. The van der Waals surface area contributed by atoms with Gasteiger partial charge in [0.25, 0.3) is 10.0 Å². The van der Waals surface area contributed by atoms with Gasteiger partial charge in [0.1, 0.15) is 0 Å². The molecular formula is C17H16N2O2S2. The molecule has 3 rings (SSSR count). The Balaban J connectivity index is 1.92. The average Bonchev–Trinajstić information content (AvgIpc) is 2.96. The molecule has 0 amide bonds. The molecule has 1 aromatic heterocycles. The van der Waals surface area contributed by atoms with E-state index in [0.717, 1.165) is 21.8 Å². The molecule has 0 aliphatic carbocycles. The lowest BCUT2D eigenvalue weighted by atomic mass is 10.2. The maximum Gasteiger partial charge on any atom is 0.261 e. The van der Waals surface area contributed by atoms with Gasteiger partial charge in [-0.25, -0.2) is 13.4 Å². The number of nitrogens with zero attached hydrogens (tertiary/aromatic N) is 1. The van der Waals surface area contributed by atoms with E-state index in [0.29, 0.717) is 5.69 Å². The Labute approximate surface area is 139 Å². The van der Waals surface area contributed by atoms with Crippen molar-refractivity contribution in [3.8, 4) is 11.3 Å². The van der Waals surface area contributed by atoms with Crippen LogP contribution in [0.4, 0.5) is 5.69 Å². The molecule has 4 nitrogen and oxygen atoms in total. The Morgan fingerprint density at radius 3 is 2.43 bits per heavy atom. The van der Waals surface area contributed by atoms with Crippen LogP contribution in [0.25, 0.3) is 11.3 Å². The van der Waals surface area contributed by atoms with Gasteiger partial charge in [-0.2, -0.15) is 0 Å². The van der Waals surface area contributed by atoms with Gasteiger partial charge in [0.15, 0.2) is 0 Å². The number of sulfonamides is 1. The van der Waals surface area contributed by atoms with Crippen molar-refractivity contribution in [1.82, 2.24) is 4.98 Å². The number of rotatable bonds is 4. The molecule has 3 aromatic rings. The van der Waals surface area contributed by atoms with Crippen LogP contribution in [0, 0.1) is 13.8 Å². The Hall–Kier alpha value is -2.18. The number of hydrogen-bond donors (Lipinski definition) is 1. The summed E-state index contributed by atoms with van der Waals surface area (Å²) in [5.41, 5.74) is 3.21. The quantitative estimate of drug-likeness (QED) is 0.770. The van der Waals surface area contributed by atoms with Crippen molar-refractivity contribution in [2.24, 2.45) is 0 Å². The van der Waals surface area contributed by atoms with Crippen molar-refractivity contribution in [2.75, 3.05) is 4.72 Å². The number of aromatic nitrogens is 1. The number of aryl methyl sites for hydroxylation is 2. The zero-order valence-corrected chi connectivity index (χ0v) is 14.4. The van der Waals surface area contributed by atoms with E-state index in [-0.39, 0.29) is 4.90 Å². The van der Waals surface area contributed by atoms with Gasteiger partial charge in [0.2, 0.25) is 0 Å². The monoisotopic (exact) mass is 344 g/mol. The Bertz CT molecular complexity index is 929. The Morgan fingerprint density at radius 1 is 1.04 bits per heavy atom. The second-order valence-electron chi connectivity index (χ2n) is 5.25. The van der Waals surface area contributed by atoms with E-state index in [1.807, 2.05) is 37.4 Å². The highest BCUT2D eigenvalue weighted by Gasteiger charge is 2.15. The molecule has 118 valence electrons. The fourth-order valence-corrected chi connectivity index (χ4v) is 3.88. The molecule has 0 aliphatic rings. The number of anilines is 1. The van der Waals surface area contributed by atoms with E-state index >= 15 is 0 Å². The third kappa shape index (κ3) is 3.60. The van der Waals surface area contributed by atoms with E-state index in [2.05, 4.69) is 9.71 Å². The van der Waals surface area contributed by atoms with Gasteiger partial charge in [-0.3, -0.25) is 4.72 Å². The van der Waals surface area contributed by atoms with Crippen molar-refractivity contribution in [3.63, 3.8) is 0 Å². The minimum Gasteiger partial charge on any atom is -0.280 e. The molecule has 0 radical (unpaired) electrons. The van der Waals surface area contributed by atoms with Gasteiger partial charge in [-0.05, 0) is 38.1 Å². The topological polar surface area (TPSA) is 59.1 Å². The highest BCUT2D eigenvalue weighted by Crippen LogP contribution is 2.25. The first-order chi connectivity index (χ1) is 10.9. The van der Waals surface area contributed by atoms with Gasteiger partial charge in [-0.1, -0.05) is 29.8 Å². The number of thiazole rings is 1. The second kappa shape index (κ2) is 6.14. The zero-order valence-electron chi connectivity index (χ0n) is 12.8. The van der Waals surface area contributed by atoms with E-state index in [9.17, 15) is 8.42 Å². The lowest BCUT2D eigenvalue weighted by molar-refractivity contribution is 0.601. The number of hydrogen-bond acceptors (Lipinski definition) is 4. The summed E-state index contributed by atoms with van der Waals surface area (Å²) in [7, 11) is -3.62. The minimum absolute atomic E-state index is 0.223. The van der Waals surface area contributed by atoms with E-state index in [1.54, 1.807) is 41.7 Å². The molecule has 0 spiro atoms. The SMILES string of the molecule is Cc1ccc(NS(=O)(=O)c2cccc(-c3csc(C)n3)c2)cc1. The summed E-state index contributed by atoms with van der Waals surface area (Å²) >= 11 is 1.54. The molecule has 0 unspecified atom stereocenters. The summed E-state index contributed by atoms with van der Waals surface area (Å²) in [6.07, 6.45) is 0. The van der Waals surface area contributed by atoms with Crippen LogP contribution >= 0.6 is 11.3 Å². The van der Waals surface area contributed by atoms with Crippen LogP contribution in [-0.4, -0.2) is 13.4 Å². The van der Waals surface area contributed by atoms with Gasteiger partial charge < -0.3 is 0 Å². The first-order valence-corrected chi connectivity index (χ1v) is 9.42. The van der Waals surface area contributed by atoms with Crippen LogP contribution in [-0.2, 0) is 10.0 Å². The standard InChI is InChI=1S/C17H16N2O2S2/c1-12-6-8-15(9-7-12)19-23(20,21)16-5-3-4-14(10-16)17-11-22-13(2)18-17/h3-11,19H,1-2H3. The normalized spacial score (nSPS) is 11.4. The molecule has 0 fully saturated rings. The van der Waals surface area contributed by atoms with Crippen LogP contribution in [0.2, 0.25) is 0 Å². The molecule has 0 saturated heterocycles. The van der Waals surface area contributed by atoms with Crippen LogP contribution in [0.5, 0.6) is 0 Å². The molecule has 1 heterocycles. The van der Waals surface area contributed by atoms with Crippen molar-refractivity contribution in [3.05, 3.63) is 64.5 Å². The van der Waals surface area contributed by atoms with Gasteiger partial charge in [-0.15, -0.1) is 11.3 Å². The van der Waals surface area contributed by atoms with Crippen LogP contribution in [0.1, 0.15) is 10.6 Å². The molecule has 6 heteroatoms. The second-order valence-corrected chi connectivity index (χ2v) is 8.00. The van der Waals surface area contributed by atoms with Crippen LogP contribution in [0.3, 0.4) is 0 Å². The van der Waals surface area contributed by atoms with Gasteiger partial charge in [0.05, 0.1) is 15.6 Å². The summed E-state index contributed by atoms with van der Waals surface area (Å²) in [5.74, 6) is 0. The molecule has 23 heavy (non-hydrogen) atoms. The predicted octanol–water partition coefficient (Wildman–Crippen LogP) is 4.23. The third-order valence-electron chi connectivity index (χ3n) is 3.36. The molecule has 0 aliphatic heterocycles.